The second-order valence-electron chi connectivity index (χ2n) is 6.57. The summed E-state index contributed by atoms with van der Waals surface area (Å²) in [4.78, 5) is 0. The summed E-state index contributed by atoms with van der Waals surface area (Å²) in [6.45, 7) is 20.6. The number of hydrazine groups is 1. The molecule has 19 heavy (non-hydrogen) atoms. The highest BCUT2D eigenvalue weighted by Gasteiger charge is 2.30. The summed E-state index contributed by atoms with van der Waals surface area (Å²) in [5, 5.41) is 0. The van der Waals surface area contributed by atoms with Crippen molar-refractivity contribution in [3.05, 3.63) is 35.6 Å². The van der Waals surface area contributed by atoms with E-state index in [0.29, 0.717) is 5.92 Å². The minimum Gasteiger partial charge on any atom is -0.321 e. The number of hydrogen-bond donors (Lipinski definition) is 2. The number of hydrogen-bond acceptors (Lipinski definition) is 2. The highest BCUT2D eigenvalue weighted by molar-refractivity contribution is 5.47. The molecule has 1 aliphatic heterocycles. The summed E-state index contributed by atoms with van der Waals surface area (Å²) in [6.07, 6.45) is 3.59. The molecule has 0 amide bonds. The van der Waals surface area contributed by atoms with Gasteiger partial charge >= 0.3 is 0 Å². The summed E-state index contributed by atoms with van der Waals surface area (Å²) in [7, 11) is 0. The van der Waals surface area contributed by atoms with Crippen molar-refractivity contribution >= 4 is 0 Å². The topological polar surface area (TPSA) is 24.1 Å². The first-order valence-corrected chi connectivity index (χ1v) is 7.33. The van der Waals surface area contributed by atoms with Crippen molar-refractivity contribution < 1.29 is 0 Å². The van der Waals surface area contributed by atoms with Gasteiger partial charge in [-0.05, 0) is 50.0 Å². The third kappa shape index (κ3) is 3.97. The van der Waals surface area contributed by atoms with Crippen LogP contribution >= 0.6 is 0 Å². The second-order valence-corrected chi connectivity index (χ2v) is 6.57. The molecule has 1 rings (SSSR count). The third-order valence-electron chi connectivity index (χ3n) is 4.14. The molecule has 0 bridgehead atoms. The predicted molar refractivity (Wildman–Crippen MR) is 84.6 cm³/mol. The van der Waals surface area contributed by atoms with Gasteiger partial charge in [-0.3, -0.25) is 0 Å². The highest BCUT2D eigenvalue weighted by atomic mass is 15.4. The Morgan fingerprint density at radius 2 is 2.05 bits per heavy atom. The van der Waals surface area contributed by atoms with E-state index in [4.69, 9.17) is 0 Å². The van der Waals surface area contributed by atoms with Gasteiger partial charge in [0.15, 0.2) is 0 Å². The lowest BCUT2D eigenvalue weighted by Crippen LogP contribution is -2.31. The van der Waals surface area contributed by atoms with Gasteiger partial charge in [0.2, 0.25) is 0 Å². The molecule has 2 nitrogen and oxygen atoms in total. The van der Waals surface area contributed by atoms with Crippen LogP contribution in [0.2, 0.25) is 0 Å². The number of nitrogens with one attached hydrogen (secondary N) is 2. The van der Waals surface area contributed by atoms with E-state index < -0.39 is 0 Å². The van der Waals surface area contributed by atoms with Crippen LogP contribution in [-0.2, 0) is 0 Å². The monoisotopic (exact) mass is 262 g/mol. The molecule has 1 atom stereocenters. The largest absolute Gasteiger partial charge is 0.321 e. The first-order valence-electron chi connectivity index (χ1n) is 7.33. The Bertz CT molecular complexity index is 390. The van der Waals surface area contributed by atoms with Gasteiger partial charge in [-0.1, -0.05) is 39.5 Å². The molecular weight excluding hydrogens is 232 g/mol. The maximum Gasteiger partial charge on any atom is 0.0490 e. The van der Waals surface area contributed by atoms with Crippen LogP contribution in [-0.4, -0.2) is 6.54 Å². The molecule has 2 N–H and O–H groups in total. The fourth-order valence-corrected chi connectivity index (χ4v) is 3.25. The van der Waals surface area contributed by atoms with Crippen molar-refractivity contribution in [2.24, 2.45) is 11.3 Å². The average molecular weight is 262 g/mol. The lowest BCUT2D eigenvalue weighted by Gasteiger charge is -2.34. The zero-order chi connectivity index (χ0) is 14.6. The van der Waals surface area contributed by atoms with Crippen molar-refractivity contribution in [3.63, 3.8) is 0 Å². The van der Waals surface area contributed by atoms with Crippen LogP contribution in [0, 0.1) is 11.3 Å². The molecule has 1 unspecified atom stereocenters. The molecule has 0 aromatic carbocycles. The smallest absolute Gasteiger partial charge is 0.0490 e. The van der Waals surface area contributed by atoms with Gasteiger partial charge in [-0.25, -0.2) is 5.43 Å². The van der Waals surface area contributed by atoms with Crippen LogP contribution in [0.3, 0.4) is 0 Å². The van der Waals surface area contributed by atoms with E-state index in [9.17, 15) is 0 Å². The van der Waals surface area contributed by atoms with E-state index in [0.717, 1.165) is 17.8 Å². The molecule has 0 aromatic heterocycles. The fraction of sp³-hybridized carbons (Fsp3) is 0.647. The van der Waals surface area contributed by atoms with Gasteiger partial charge in [0.05, 0.1) is 0 Å². The molecule has 0 spiro atoms. The van der Waals surface area contributed by atoms with Crippen molar-refractivity contribution in [2.75, 3.05) is 6.54 Å². The minimum atomic E-state index is 0.235. The summed E-state index contributed by atoms with van der Waals surface area (Å²) >= 11 is 0. The molecule has 0 fully saturated rings. The second kappa shape index (κ2) is 6.42. The Morgan fingerprint density at radius 3 is 2.58 bits per heavy atom. The minimum absolute atomic E-state index is 0.235. The normalized spacial score (nSPS) is 29.5. The Hall–Kier alpha value is -1.02. The number of rotatable bonds is 3. The zero-order valence-electron chi connectivity index (χ0n) is 13.3. The van der Waals surface area contributed by atoms with Crippen molar-refractivity contribution in [1.29, 1.82) is 0 Å². The molecular formula is C17H30N2. The van der Waals surface area contributed by atoms with Crippen LogP contribution in [0.5, 0.6) is 0 Å². The standard InChI is InChI=1S/C17H30N2/c1-12(2)11-17(7)9-8-10-18-19-15(6)16(13(3)4)14(17)5/h12,18-19H,3,6,8-11H2,1-2,4-5,7H3/b16-14-. The van der Waals surface area contributed by atoms with E-state index in [1.807, 2.05) is 0 Å². The Morgan fingerprint density at radius 1 is 1.42 bits per heavy atom. The quantitative estimate of drug-likeness (QED) is 0.791. The first kappa shape index (κ1) is 16.0. The van der Waals surface area contributed by atoms with Gasteiger partial charge in [0.25, 0.3) is 0 Å². The van der Waals surface area contributed by atoms with Gasteiger partial charge in [-0.15, -0.1) is 0 Å². The Labute approximate surface area is 119 Å². The molecule has 1 aliphatic rings. The van der Waals surface area contributed by atoms with E-state index in [1.54, 1.807) is 0 Å². The summed E-state index contributed by atoms with van der Waals surface area (Å²) < 4.78 is 0. The predicted octanol–water partition coefficient (Wildman–Crippen LogP) is 4.33. The fourth-order valence-electron chi connectivity index (χ4n) is 3.25. The Balaban J connectivity index is 3.27. The van der Waals surface area contributed by atoms with Gasteiger partial charge in [-0.2, -0.15) is 0 Å². The lowest BCUT2D eigenvalue weighted by molar-refractivity contribution is 0.281. The van der Waals surface area contributed by atoms with E-state index in [-0.39, 0.29) is 5.41 Å². The molecule has 0 saturated heterocycles. The van der Waals surface area contributed by atoms with Gasteiger partial charge in [0, 0.05) is 17.8 Å². The van der Waals surface area contributed by atoms with E-state index in [1.165, 1.54) is 30.4 Å². The average Bonchev–Trinajstić information content (AvgIpc) is 2.30. The maximum atomic E-state index is 4.16. The summed E-state index contributed by atoms with van der Waals surface area (Å²) in [5.41, 5.74) is 11.4. The van der Waals surface area contributed by atoms with Crippen molar-refractivity contribution in [1.82, 2.24) is 10.9 Å². The molecule has 0 aromatic rings. The Kier molecular flexibility index (Phi) is 5.42. The van der Waals surface area contributed by atoms with E-state index in [2.05, 4.69) is 58.6 Å². The van der Waals surface area contributed by atoms with Crippen LogP contribution in [0.15, 0.2) is 35.6 Å². The molecule has 1 heterocycles. The van der Waals surface area contributed by atoms with Crippen LogP contribution in [0.1, 0.15) is 53.9 Å². The zero-order valence-corrected chi connectivity index (χ0v) is 13.3. The van der Waals surface area contributed by atoms with Gasteiger partial charge < -0.3 is 5.43 Å². The third-order valence-corrected chi connectivity index (χ3v) is 4.14. The number of allylic oxidation sites excluding steroid dienone is 2. The molecule has 0 saturated carbocycles. The van der Waals surface area contributed by atoms with Crippen LogP contribution in [0.4, 0.5) is 0 Å². The first-order chi connectivity index (χ1) is 8.78. The lowest BCUT2D eigenvalue weighted by atomic mass is 9.70. The SMILES string of the molecule is C=C(C)/C1=C(\C)C(C)(CC(C)C)CCCNNC1=C. The van der Waals surface area contributed by atoms with Crippen LogP contribution in [0.25, 0.3) is 0 Å². The van der Waals surface area contributed by atoms with Crippen LogP contribution < -0.4 is 10.9 Å². The molecule has 108 valence electrons. The summed E-state index contributed by atoms with van der Waals surface area (Å²) in [6, 6.07) is 0. The maximum absolute atomic E-state index is 4.16. The van der Waals surface area contributed by atoms with Crippen molar-refractivity contribution in [3.8, 4) is 0 Å². The van der Waals surface area contributed by atoms with Gasteiger partial charge in [0.1, 0.15) is 0 Å². The highest BCUT2D eigenvalue weighted by Crippen LogP contribution is 2.42. The summed E-state index contributed by atoms with van der Waals surface area (Å²) in [5.74, 6) is 0.696. The van der Waals surface area contributed by atoms with E-state index >= 15 is 0 Å². The molecule has 2 heteroatoms. The van der Waals surface area contributed by atoms with Crippen molar-refractivity contribution in [2.45, 2.75) is 53.9 Å². The molecule has 0 radical (unpaired) electrons. The molecule has 0 aliphatic carbocycles.